The Morgan fingerprint density at radius 2 is 1.62 bits per heavy atom. The van der Waals surface area contributed by atoms with Gasteiger partial charge in [0.15, 0.2) is 0 Å². The Balaban J connectivity index is 1.86. The third-order valence-electron chi connectivity index (χ3n) is 5.95. The first-order valence-electron chi connectivity index (χ1n) is 10.7. The molecule has 1 aliphatic heterocycles. The largest absolute Gasteiger partial charge is 0.417 e. The number of anilines is 1. The van der Waals surface area contributed by atoms with Crippen molar-refractivity contribution in [2.45, 2.75) is 32.0 Å². The molecule has 0 spiro atoms. The Labute approximate surface area is 192 Å². The van der Waals surface area contributed by atoms with E-state index in [0.717, 1.165) is 60.8 Å². The molecule has 9 heteroatoms. The van der Waals surface area contributed by atoms with Crippen LogP contribution in [0.4, 0.5) is 27.6 Å². The Morgan fingerprint density at radius 3 is 2.21 bits per heavy atom. The maximum Gasteiger partial charge on any atom is 0.417 e. The second kappa shape index (κ2) is 9.29. The van der Waals surface area contributed by atoms with E-state index in [2.05, 4.69) is 4.90 Å². The maximum atomic E-state index is 14.3. The Morgan fingerprint density at radius 1 is 0.941 bits per heavy atom. The molecule has 0 saturated carbocycles. The fraction of sp³-hybridized carbons (Fsp3) is 0.280. The summed E-state index contributed by atoms with van der Waals surface area (Å²) < 4.78 is 69.6. The average molecular weight is 473 g/mol. The molecule has 1 aromatic heterocycles. The molecule has 0 radical (unpaired) electrons. The van der Waals surface area contributed by atoms with Gasteiger partial charge in [-0.1, -0.05) is 18.2 Å². The third kappa shape index (κ3) is 4.67. The van der Waals surface area contributed by atoms with Crippen LogP contribution in [-0.4, -0.2) is 17.7 Å². The minimum Gasteiger partial charge on any atom is -0.372 e. The summed E-state index contributed by atoms with van der Waals surface area (Å²) in [4.78, 5) is 15.2. The minimum atomic E-state index is -4.94. The number of halogens is 5. The lowest BCUT2D eigenvalue weighted by atomic mass is 10.0. The van der Waals surface area contributed by atoms with Crippen molar-refractivity contribution in [1.82, 2.24) is 4.57 Å². The molecule has 3 aromatic rings. The molecule has 0 bridgehead atoms. The van der Waals surface area contributed by atoms with Gasteiger partial charge in [-0.05, 0) is 49.1 Å². The second-order valence-corrected chi connectivity index (χ2v) is 8.15. The molecular formula is C25H20F5N3O. The van der Waals surface area contributed by atoms with Gasteiger partial charge in [0, 0.05) is 30.4 Å². The van der Waals surface area contributed by atoms with E-state index in [4.69, 9.17) is 0 Å². The lowest BCUT2D eigenvalue weighted by Gasteiger charge is -2.29. The van der Waals surface area contributed by atoms with Crippen LogP contribution >= 0.6 is 0 Å². The van der Waals surface area contributed by atoms with Crippen molar-refractivity contribution in [3.05, 3.63) is 87.2 Å². The summed E-state index contributed by atoms with van der Waals surface area (Å²) in [6, 6.07) is 11.5. The average Bonchev–Trinajstić information content (AvgIpc) is 2.81. The van der Waals surface area contributed by atoms with Gasteiger partial charge in [0.25, 0.3) is 5.56 Å². The predicted molar refractivity (Wildman–Crippen MR) is 117 cm³/mol. The van der Waals surface area contributed by atoms with Gasteiger partial charge in [-0.25, -0.2) is 8.78 Å². The van der Waals surface area contributed by atoms with Crippen molar-refractivity contribution in [2.24, 2.45) is 0 Å². The van der Waals surface area contributed by atoms with Crippen LogP contribution in [0, 0.1) is 23.0 Å². The van der Waals surface area contributed by atoms with Crippen LogP contribution in [0.1, 0.15) is 36.0 Å². The SMILES string of the molecule is N#Cc1c(C(F)(F)F)cc(-c2ccc(N3CCCCC3)cc2)n(Cc2ccc(F)cc2F)c1=O. The van der Waals surface area contributed by atoms with Crippen molar-refractivity contribution < 1.29 is 22.0 Å². The van der Waals surface area contributed by atoms with Gasteiger partial charge in [-0.15, -0.1) is 0 Å². The van der Waals surface area contributed by atoms with Gasteiger partial charge in [-0.3, -0.25) is 4.79 Å². The molecule has 1 saturated heterocycles. The number of nitrogens with zero attached hydrogens (tertiary/aromatic N) is 3. The maximum absolute atomic E-state index is 14.3. The fourth-order valence-electron chi connectivity index (χ4n) is 4.19. The molecular weight excluding hydrogens is 453 g/mol. The van der Waals surface area contributed by atoms with Crippen molar-refractivity contribution in [3.8, 4) is 17.3 Å². The van der Waals surface area contributed by atoms with Crippen LogP contribution in [0.2, 0.25) is 0 Å². The molecule has 176 valence electrons. The van der Waals surface area contributed by atoms with E-state index < -0.39 is 41.0 Å². The number of alkyl halides is 3. The van der Waals surface area contributed by atoms with Gasteiger partial charge in [0.05, 0.1) is 17.8 Å². The molecule has 4 rings (SSSR count). The van der Waals surface area contributed by atoms with Gasteiger partial charge in [0.1, 0.15) is 23.3 Å². The molecule has 2 aromatic carbocycles. The number of hydrogen-bond acceptors (Lipinski definition) is 3. The zero-order valence-electron chi connectivity index (χ0n) is 18.0. The third-order valence-corrected chi connectivity index (χ3v) is 5.95. The molecule has 1 aliphatic rings. The van der Waals surface area contributed by atoms with Gasteiger partial charge < -0.3 is 9.47 Å². The Bertz CT molecular complexity index is 1300. The lowest BCUT2D eigenvalue weighted by molar-refractivity contribution is -0.137. The van der Waals surface area contributed by atoms with Crippen molar-refractivity contribution in [3.63, 3.8) is 0 Å². The summed E-state index contributed by atoms with van der Waals surface area (Å²) in [7, 11) is 0. The first-order chi connectivity index (χ1) is 16.2. The van der Waals surface area contributed by atoms with Crippen LogP contribution in [0.3, 0.4) is 0 Å². The van der Waals surface area contributed by atoms with E-state index in [-0.39, 0.29) is 11.3 Å². The molecule has 0 unspecified atom stereocenters. The highest BCUT2D eigenvalue weighted by Crippen LogP contribution is 2.34. The summed E-state index contributed by atoms with van der Waals surface area (Å²) in [6.07, 6.45) is -1.69. The minimum absolute atomic E-state index is 0.0988. The van der Waals surface area contributed by atoms with Crippen molar-refractivity contribution in [2.75, 3.05) is 18.0 Å². The molecule has 2 heterocycles. The zero-order chi connectivity index (χ0) is 24.5. The lowest BCUT2D eigenvalue weighted by Crippen LogP contribution is -2.29. The first-order valence-corrected chi connectivity index (χ1v) is 10.7. The quantitative estimate of drug-likeness (QED) is 0.456. The smallest absolute Gasteiger partial charge is 0.372 e. The standard InChI is InChI=1S/C25H20F5N3O/c26-18-7-4-17(22(27)12-18)15-33-23(13-21(25(28,29)30)20(14-31)24(33)34)16-5-8-19(9-6-16)32-10-2-1-3-11-32/h4-9,12-13H,1-3,10-11,15H2. The van der Waals surface area contributed by atoms with Crippen LogP contribution in [-0.2, 0) is 12.7 Å². The number of piperidine rings is 1. The predicted octanol–water partition coefficient (Wildman–Crippen LogP) is 5.72. The molecule has 0 N–H and O–H groups in total. The van der Waals surface area contributed by atoms with E-state index in [1.807, 2.05) is 0 Å². The van der Waals surface area contributed by atoms with Gasteiger partial charge in [0.2, 0.25) is 0 Å². The highest BCUT2D eigenvalue weighted by atomic mass is 19.4. The highest BCUT2D eigenvalue weighted by Gasteiger charge is 2.36. The summed E-state index contributed by atoms with van der Waals surface area (Å²) >= 11 is 0. The van der Waals surface area contributed by atoms with E-state index in [1.54, 1.807) is 24.3 Å². The van der Waals surface area contributed by atoms with Crippen molar-refractivity contribution >= 4 is 5.69 Å². The summed E-state index contributed by atoms with van der Waals surface area (Å²) in [5.74, 6) is -1.77. The first kappa shape index (κ1) is 23.5. The van der Waals surface area contributed by atoms with Gasteiger partial charge in [-0.2, -0.15) is 18.4 Å². The Kier molecular flexibility index (Phi) is 6.42. The highest BCUT2D eigenvalue weighted by molar-refractivity contribution is 5.66. The fourth-order valence-corrected chi connectivity index (χ4v) is 4.19. The zero-order valence-corrected chi connectivity index (χ0v) is 18.0. The van der Waals surface area contributed by atoms with Crippen LogP contribution < -0.4 is 10.5 Å². The monoisotopic (exact) mass is 473 g/mol. The summed E-state index contributed by atoms with van der Waals surface area (Å²) in [5.41, 5.74) is -2.64. The molecule has 0 amide bonds. The number of nitriles is 1. The van der Waals surface area contributed by atoms with Crippen LogP contribution in [0.5, 0.6) is 0 Å². The van der Waals surface area contributed by atoms with E-state index in [9.17, 15) is 32.0 Å². The molecule has 4 nitrogen and oxygen atoms in total. The number of rotatable bonds is 4. The molecule has 34 heavy (non-hydrogen) atoms. The van der Waals surface area contributed by atoms with Crippen LogP contribution in [0.25, 0.3) is 11.3 Å². The topological polar surface area (TPSA) is 49.0 Å². The van der Waals surface area contributed by atoms with E-state index >= 15 is 0 Å². The molecule has 1 fully saturated rings. The van der Waals surface area contributed by atoms with E-state index in [1.165, 1.54) is 6.07 Å². The number of aromatic nitrogens is 1. The number of hydrogen-bond donors (Lipinski definition) is 0. The molecule has 0 aliphatic carbocycles. The second-order valence-electron chi connectivity index (χ2n) is 8.15. The van der Waals surface area contributed by atoms with Gasteiger partial charge >= 0.3 is 6.18 Å². The summed E-state index contributed by atoms with van der Waals surface area (Å²) in [5, 5.41) is 9.29. The van der Waals surface area contributed by atoms with E-state index in [0.29, 0.717) is 11.6 Å². The number of benzene rings is 2. The van der Waals surface area contributed by atoms with Crippen molar-refractivity contribution in [1.29, 1.82) is 5.26 Å². The summed E-state index contributed by atoms with van der Waals surface area (Å²) in [6.45, 7) is 1.28. The number of pyridine rings is 1. The Hall–Kier alpha value is -3.67. The van der Waals surface area contributed by atoms with Crippen LogP contribution in [0.15, 0.2) is 53.3 Å². The normalized spacial score (nSPS) is 14.2. The molecule has 0 atom stereocenters.